The summed E-state index contributed by atoms with van der Waals surface area (Å²) in [4.78, 5) is 13.9. The average molecular weight is 273 g/mol. The van der Waals surface area contributed by atoms with Crippen LogP contribution in [-0.4, -0.2) is 61.1 Å². The lowest BCUT2D eigenvalue weighted by Gasteiger charge is -2.22. The van der Waals surface area contributed by atoms with Crippen LogP contribution >= 0.6 is 11.8 Å². The summed E-state index contributed by atoms with van der Waals surface area (Å²) in [6.07, 6.45) is 2.38. The van der Waals surface area contributed by atoms with Gasteiger partial charge in [0.2, 0.25) is 5.91 Å². The van der Waals surface area contributed by atoms with Crippen molar-refractivity contribution in [3.8, 4) is 0 Å². The Balaban J connectivity index is 2.03. The fourth-order valence-electron chi connectivity index (χ4n) is 1.84. The summed E-state index contributed by atoms with van der Waals surface area (Å²) in [5.41, 5.74) is 0. The predicted molar refractivity (Wildman–Crippen MR) is 79.1 cm³/mol. The van der Waals surface area contributed by atoms with Gasteiger partial charge in [0.15, 0.2) is 0 Å². The molecule has 1 rings (SSSR count). The molecule has 106 valence electrons. The maximum atomic E-state index is 11.7. The van der Waals surface area contributed by atoms with Crippen molar-refractivity contribution in [3.05, 3.63) is 0 Å². The van der Waals surface area contributed by atoms with Gasteiger partial charge in [-0.3, -0.25) is 4.79 Å². The summed E-state index contributed by atoms with van der Waals surface area (Å²) in [6, 6.07) is 0.533. The first-order valence-corrected chi connectivity index (χ1v) is 7.93. The van der Waals surface area contributed by atoms with Crippen molar-refractivity contribution < 1.29 is 4.79 Å². The quantitative estimate of drug-likeness (QED) is 0.724. The van der Waals surface area contributed by atoms with Crippen molar-refractivity contribution in [2.45, 2.75) is 38.0 Å². The molecular weight excluding hydrogens is 246 g/mol. The Morgan fingerprint density at radius 3 is 2.72 bits per heavy atom. The molecule has 0 saturated carbocycles. The fourth-order valence-corrected chi connectivity index (χ4v) is 2.89. The summed E-state index contributed by atoms with van der Waals surface area (Å²) < 4.78 is 0. The van der Waals surface area contributed by atoms with Crippen LogP contribution in [0.15, 0.2) is 0 Å². The molecule has 0 aromatic carbocycles. The van der Waals surface area contributed by atoms with Gasteiger partial charge in [-0.25, -0.2) is 0 Å². The van der Waals surface area contributed by atoms with E-state index in [1.165, 1.54) is 12.8 Å². The van der Waals surface area contributed by atoms with Crippen LogP contribution in [0, 0.1) is 0 Å². The Labute approximate surface area is 115 Å². The first-order chi connectivity index (χ1) is 8.59. The van der Waals surface area contributed by atoms with Crippen LogP contribution in [0.2, 0.25) is 0 Å². The van der Waals surface area contributed by atoms with E-state index < -0.39 is 0 Å². The third kappa shape index (κ3) is 6.61. The van der Waals surface area contributed by atoms with Crippen molar-refractivity contribution in [3.63, 3.8) is 0 Å². The molecular formula is C13H27N3OS. The molecule has 4 nitrogen and oxygen atoms in total. The molecule has 1 amide bonds. The van der Waals surface area contributed by atoms with Gasteiger partial charge in [-0.1, -0.05) is 0 Å². The van der Waals surface area contributed by atoms with Gasteiger partial charge >= 0.3 is 0 Å². The summed E-state index contributed by atoms with van der Waals surface area (Å²) >= 11 is 1.80. The van der Waals surface area contributed by atoms with Gasteiger partial charge in [0.05, 0.1) is 5.75 Å². The normalized spacial score (nSPS) is 17.4. The third-order valence-corrected chi connectivity index (χ3v) is 4.78. The standard InChI is InChI=1S/C13H27N3OS/c1-11(2)16(3)9-8-15-13(17)10-18-12-4-6-14-7-5-12/h11-12,14H,4-10H2,1-3H3,(H,15,17). The van der Waals surface area contributed by atoms with Gasteiger partial charge in [0, 0.05) is 24.4 Å². The minimum Gasteiger partial charge on any atom is -0.354 e. The van der Waals surface area contributed by atoms with E-state index >= 15 is 0 Å². The topological polar surface area (TPSA) is 44.4 Å². The summed E-state index contributed by atoms with van der Waals surface area (Å²) in [7, 11) is 2.08. The van der Waals surface area contributed by atoms with E-state index in [1.54, 1.807) is 11.8 Å². The van der Waals surface area contributed by atoms with Gasteiger partial charge in [-0.2, -0.15) is 0 Å². The highest BCUT2D eigenvalue weighted by molar-refractivity contribution is 8.00. The van der Waals surface area contributed by atoms with Crippen molar-refractivity contribution >= 4 is 17.7 Å². The van der Waals surface area contributed by atoms with Crippen molar-refractivity contribution in [1.29, 1.82) is 0 Å². The lowest BCUT2D eigenvalue weighted by Crippen LogP contribution is -2.37. The zero-order valence-electron chi connectivity index (χ0n) is 11.9. The number of likely N-dealkylation sites (N-methyl/N-ethyl adjacent to an activating group) is 1. The number of carbonyl (C=O) groups is 1. The Morgan fingerprint density at radius 2 is 2.11 bits per heavy atom. The smallest absolute Gasteiger partial charge is 0.230 e. The van der Waals surface area contributed by atoms with Gasteiger partial charge < -0.3 is 15.5 Å². The first-order valence-electron chi connectivity index (χ1n) is 6.89. The van der Waals surface area contributed by atoms with Crippen molar-refractivity contribution in [1.82, 2.24) is 15.5 Å². The van der Waals surface area contributed by atoms with Gasteiger partial charge in [-0.15, -0.1) is 11.8 Å². The Hall–Kier alpha value is -0.260. The number of piperidine rings is 1. The highest BCUT2D eigenvalue weighted by atomic mass is 32.2. The molecule has 0 aliphatic carbocycles. The molecule has 0 radical (unpaired) electrons. The minimum absolute atomic E-state index is 0.177. The molecule has 1 heterocycles. The number of nitrogens with one attached hydrogen (secondary N) is 2. The van der Waals surface area contributed by atoms with Crippen LogP contribution in [0.3, 0.4) is 0 Å². The maximum absolute atomic E-state index is 11.7. The number of hydrogen-bond acceptors (Lipinski definition) is 4. The predicted octanol–water partition coefficient (Wildman–Crippen LogP) is 0.928. The number of hydrogen-bond donors (Lipinski definition) is 2. The summed E-state index contributed by atoms with van der Waals surface area (Å²) in [5, 5.41) is 6.99. The van der Waals surface area contributed by atoms with E-state index in [-0.39, 0.29) is 5.91 Å². The number of amides is 1. The Bertz CT molecular complexity index is 242. The van der Waals surface area contributed by atoms with Gasteiger partial charge in [-0.05, 0) is 46.8 Å². The van der Waals surface area contributed by atoms with E-state index in [0.717, 1.165) is 26.2 Å². The SMILES string of the molecule is CC(C)N(C)CCNC(=O)CSC1CCNCC1. The largest absolute Gasteiger partial charge is 0.354 e. The molecule has 0 spiro atoms. The summed E-state index contributed by atoms with van der Waals surface area (Å²) in [5.74, 6) is 0.784. The monoisotopic (exact) mass is 273 g/mol. The molecule has 0 aromatic rings. The molecule has 0 unspecified atom stereocenters. The second kappa shape index (κ2) is 8.77. The number of carbonyl (C=O) groups excluding carboxylic acids is 1. The van der Waals surface area contributed by atoms with Crippen molar-refractivity contribution in [2.75, 3.05) is 39.0 Å². The highest BCUT2D eigenvalue weighted by Crippen LogP contribution is 2.19. The van der Waals surface area contributed by atoms with E-state index in [1.807, 2.05) is 0 Å². The van der Waals surface area contributed by atoms with Crippen molar-refractivity contribution in [2.24, 2.45) is 0 Å². The van der Waals surface area contributed by atoms with Crippen LogP contribution in [-0.2, 0) is 4.79 Å². The molecule has 0 aromatic heterocycles. The Kier molecular flexibility index (Phi) is 7.70. The Morgan fingerprint density at radius 1 is 1.44 bits per heavy atom. The van der Waals surface area contributed by atoms with E-state index in [2.05, 4.69) is 36.4 Å². The van der Waals surface area contributed by atoms with Gasteiger partial charge in [0.1, 0.15) is 0 Å². The number of thioether (sulfide) groups is 1. The lowest BCUT2D eigenvalue weighted by atomic mass is 10.2. The molecule has 5 heteroatoms. The molecule has 1 aliphatic heterocycles. The molecule has 1 fully saturated rings. The van der Waals surface area contributed by atoms with E-state index in [4.69, 9.17) is 0 Å². The molecule has 1 saturated heterocycles. The van der Waals surface area contributed by atoms with Crippen LogP contribution in [0.5, 0.6) is 0 Å². The molecule has 1 aliphatic rings. The minimum atomic E-state index is 0.177. The molecule has 18 heavy (non-hydrogen) atoms. The van der Waals surface area contributed by atoms with Crippen LogP contribution in [0.4, 0.5) is 0 Å². The summed E-state index contributed by atoms with van der Waals surface area (Å²) in [6.45, 7) is 8.18. The lowest BCUT2D eigenvalue weighted by molar-refractivity contribution is -0.118. The second-order valence-electron chi connectivity index (χ2n) is 5.18. The highest BCUT2D eigenvalue weighted by Gasteiger charge is 2.14. The second-order valence-corrected chi connectivity index (χ2v) is 6.47. The number of nitrogens with zero attached hydrogens (tertiary/aromatic N) is 1. The zero-order chi connectivity index (χ0) is 13.4. The first kappa shape index (κ1) is 15.8. The maximum Gasteiger partial charge on any atom is 0.230 e. The van der Waals surface area contributed by atoms with E-state index in [9.17, 15) is 4.79 Å². The van der Waals surface area contributed by atoms with Crippen LogP contribution in [0.25, 0.3) is 0 Å². The zero-order valence-corrected chi connectivity index (χ0v) is 12.7. The molecule has 0 bridgehead atoms. The molecule has 2 N–H and O–H groups in total. The molecule has 0 atom stereocenters. The average Bonchev–Trinajstić information content (AvgIpc) is 2.37. The van der Waals surface area contributed by atoms with E-state index in [0.29, 0.717) is 17.0 Å². The van der Waals surface area contributed by atoms with Crippen LogP contribution < -0.4 is 10.6 Å². The number of rotatable bonds is 7. The fraction of sp³-hybridized carbons (Fsp3) is 0.923. The van der Waals surface area contributed by atoms with Crippen LogP contribution in [0.1, 0.15) is 26.7 Å². The van der Waals surface area contributed by atoms with Gasteiger partial charge in [0.25, 0.3) is 0 Å². The third-order valence-electron chi connectivity index (χ3n) is 3.40.